The normalized spacial score (nSPS) is 15.5. The zero-order valence-corrected chi connectivity index (χ0v) is 13.4. The second-order valence-corrected chi connectivity index (χ2v) is 5.33. The molecular weight excluding hydrogens is 242 g/mol. The molecule has 0 aliphatic rings. The third-order valence-electron chi connectivity index (χ3n) is 3.67. The summed E-state index contributed by atoms with van der Waals surface area (Å²) in [6.45, 7) is 4.24. The summed E-state index contributed by atoms with van der Waals surface area (Å²) in [6.07, 6.45) is 8.13. The summed E-state index contributed by atoms with van der Waals surface area (Å²) in [7, 11) is 4.87. The molecule has 116 valence electrons. The topological polar surface area (TPSA) is 53.7 Å². The summed E-state index contributed by atoms with van der Waals surface area (Å²) in [5.41, 5.74) is 5.94. The number of methoxy groups -OCH3 is 3. The first kappa shape index (κ1) is 18.8. The van der Waals surface area contributed by atoms with Crippen molar-refractivity contribution in [3.63, 3.8) is 0 Å². The van der Waals surface area contributed by atoms with Crippen LogP contribution in [0.4, 0.5) is 0 Å². The van der Waals surface area contributed by atoms with E-state index >= 15 is 0 Å². The van der Waals surface area contributed by atoms with Crippen molar-refractivity contribution in [1.29, 1.82) is 0 Å². The van der Waals surface area contributed by atoms with Crippen LogP contribution in [0.15, 0.2) is 0 Å². The van der Waals surface area contributed by atoms with Crippen molar-refractivity contribution in [1.82, 2.24) is 0 Å². The third kappa shape index (κ3) is 6.70. The van der Waals surface area contributed by atoms with Crippen molar-refractivity contribution < 1.29 is 14.2 Å². The molecule has 0 rings (SSSR count). The Hall–Kier alpha value is -0.160. The molecule has 0 aromatic carbocycles. The Morgan fingerprint density at radius 3 is 1.89 bits per heavy atom. The smallest absolute Gasteiger partial charge is 0.285 e. The Bertz CT molecular complexity index is 197. The van der Waals surface area contributed by atoms with E-state index < -0.39 is 5.97 Å². The molecule has 0 fully saturated rings. The molecule has 0 aliphatic heterocycles. The summed E-state index contributed by atoms with van der Waals surface area (Å²) in [5.74, 6) is -0.799. The molecule has 0 saturated carbocycles. The number of unbranched alkanes of at least 4 members (excludes halogenated alkanes) is 4. The van der Waals surface area contributed by atoms with E-state index in [9.17, 15) is 0 Å². The van der Waals surface area contributed by atoms with Crippen molar-refractivity contribution in [2.24, 2.45) is 11.7 Å². The molecule has 4 nitrogen and oxygen atoms in total. The van der Waals surface area contributed by atoms with Crippen LogP contribution < -0.4 is 5.73 Å². The first-order valence-electron chi connectivity index (χ1n) is 7.47. The van der Waals surface area contributed by atoms with Gasteiger partial charge in [-0.1, -0.05) is 39.0 Å². The molecule has 4 heteroatoms. The molecule has 0 aromatic heterocycles. The van der Waals surface area contributed by atoms with E-state index in [0.29, 0.717) is 0 Å². The van der Waals surface area contributed by atoms with Crippen molar-refractivity contribution >= 4 is 0 Å². The molecule has 0 bridgehead atoms. The van der Waals surface area contributed by atoms with Gasteiger partial charge in [-0.25, -0.2) is 0 Å². The van der Waals surface area contributed by atoms with Gasteiger partial charge in [-0.3, -0.25) is 0 Å². The van der Waals surface area contributed by atoms with E-state index in [-0.39, 0.29) is 12.0 Å². The van der Waals surface area contributed by atoms with Gasteiger partial charge in [-0.15, -0.1) is 0 Å². The molecule has 2 atom stereocenters. The van der Waals surface area contributed by atoms with Gasteiger partial charge in [-0.2, -0.15) is 0 Å². The summed E-state index contributed by atoms with van der Waals surface area (Å²) >= 11 is 0. The Morgan fingerprint density at radius 1 is 0.947 bits per heavy atom. The maximum atomic E-state index is 5.94. The largest absolute Gasteiger partial charge is 0.331 e. The molecule has 0 aromatic rings. The Kier molecular flexibility index (Phi) is 10.5. The van der Waals surface area contributed by atoms with Crippen LogP contribution in [0.2, 0.25) is 0 Å². The van der Waals surface area contributed by atoms with Gasteiger partial charge in [0.05, 0.1) is 0 Å². The minimum absolute atomic E-state index is 0.112. The van der Waals surface area contributed by atoms with E-state index in [1.807, 2.05) is 6.92 Å². The fraction of sp³-hybridized carbons (Fsp3) is 1.00. The van der Waals surface area contributed by atoms with Crippen LogP contribution in [-0.4, -0.2) is 33.3 Å². The van der Waals surface area contributed by atoms with E-state index in [1.54, 1.807) is 21.3 Å². The predicted molar refractivity (Wildman–Crippen MR) is 78.9 cm³/mol. The van der Waals surface area contributed by atoms with Gasteiger partial charge in [0.15, 0.2) is 0 Å². The van der Waals surface area contributed by atoms with E-state index in [0.717, 1.165) is 19.3 Å². The molecule has 0 radical (unpaired) electrons. The highest BCUT2D eigenvalue weighted by molar-refractivity contribution is 4.74. The first-order valence-corrected chi connectivity index (χ1v) is 7.47. The van der Waals surface area contributed by atoms with Gasteiger partial charge in [0.2, 0.25) is 0 Å². The highest BCUT2D eigenvalue weighted by Gasteiger charge is 2.39. The van der Waals surface area contributed by atoms with Crippen LogP contribution >= 0.6 is 0 Å². The highest BCUT2D eigenvalue weighted by Crippen LogP contribution is 2.31. The van der Waals surface area contributed by atoms with Gasteiger partial charge < -0.3 is 19.9 Å². The molecule has 2 unspecified atom stereocenters. The Morgan fingerprint density at radius 2 is 1.47 bits per heavy atom. The van der Waals surface area contributed by atoms with Gasteiger partial charge in [0, 0.05) is 33.3 Å². The quantitative estimate of drug-likeness (QED) is 0.438. The van der Waals surface area contributed by atoms with Gasteiger partial charge >= 0.3 is 0 Å². The van der Waals surface area contributed by atoms with E-state index in [1.165, 1.54) is 25.7 Å². The SMILES string of the molecule is CCCCCCCC(CC(C)N)C(OC)(OC)OC. The Balaban J connectivity index is 4.43. The summed E-state index contributed by atoms with van der Waals surface area (Å²) in [6, 6.07) is 0.112. The lowest BCUT2D eigenvalue weighted by molar-refractivity contribution is -0.380. The molecule has 0 saturated heterocycles. The number of ether oxygens (including phenoxy) is 3. The summed E-state index contributed by atoms with van der Waals surface area (Å²) < 4.78 is 16.4. The number of rotatable bonds is 12. The zero-order valence-electron chi connectivity index (χ0n) is 13.4. The molecule has 0 heterocycles. The van der Waals surface area contributed by atoms with Crippen molar-refractivity contribution in [2.75, 3.05) is 21.3 Å². The average molecular weight is 275 g/mol. The average Bonchev–Trinajstić information content (AvgIpc) is 2.40. The lowest BCUT2D eigenvalue weighted by Crippen LogP contribution is -2.45. The standard InChI is InChI=1S/C15H33NO3/c1-6-7-8-9-10-11-14(12-13(2)16)15(17-3,18-4)19-5/h13-14H,6-12,16H2,1-5H3. The zero-order chi connectivity index (χ0) is 14.7. The molecule has 0 aliphatic carbocycles. The van der Waals surface area contributed by atoms with Crippen molar-refractivity contribution in [3.8, 4) is 0 Å². The van der Waals surface area contributed by atoms with Crippen LogP contribution in [-0.2, 0) is 14.2 Å². The highest BCUT2D eigenvalue weighted by atomic mass is 16.9. The van der Waals surface area contributed by atoms with Crippen LogP contribution in [0.3, 0.4) is 0 Å². The molecule has 0 spiro atoms. The maximum Gasteiger partial charge on any atom is 0.285 e. The minimum Gasteiger partial charge on any atom is -0.331 e. The number of hydrogen-bond donors (Lipinski definition) is 1. The predicted octanol–water partition coefficient (Wildman–Crippen LogP) is 3.29. The van der Waals surface area contributed by atoms with Crippen LogP contribution in [0.25, 0.3) is 0 Å². The maximum absolute atomic E-state index is 5.94. The summed E-state index contributed by atoms with van der Waals surface area (Å²) in [4.78, 5) is 0. The number of nitrogens with two attached hydrogens (primary N) is 1. The first-order chi connectivity index (χ1) is 9.06. The fourth-order valence-corrected chi connectivity index (χ4v) is 2.63. The van der Waals surface area contributed by atoms with Crippen LogP contribution in [0.1, 0.15) is 58.8 Å². The van der Waals surface area contributed by atoms with Crippen LogP contribution in [0, 0.1) is 5.92 Å². The number of hydrogen-bond acceptors (Lipinski definition) is 4. The third-order valence-corrected chi connectivity index (χ3v) is 3.67. The Labute approximate surface area is 119 Å². The van der Waals surface area contributed by atoms with Gasteiger partial charge in [-0.05, 0) is 19.8 Å². The van der Waals surface area contributed by atoms with E-state index in [2.05, 4.69) is 6.92 Å². The van der Waals surface area contributed by atoms with Crippen LogP contribution in [0.5, 0.6) is 0 Å². The minimum atomic E-state index is -0.960. The molecule has 2 N–H and O–H groups in total. The lowest BCUT2D eigenvalue weighted by atomic mass is 9.91. The van der Waals surface area contributed by atoms with Crippen molar-refractivity contribution in [3.05, 3.63) is 0 Å². The van der Waals surface area contributed by atoms with Gasteiger partial charge in [0.1, 0.15) is 0 Å². The molecule has 19 heavy (non-hydrogen) atoms. The van der Waals surface area contributed by atoms with E-state index in [4.69, 9.17) is 19.9 Å². The van der Waals surface area contributed by atoms with Gasteiger partial charge in [0.25, 0.3) is 5.97 Å². The second kappa shape index (κ2) is 10.6. The monoisotopic (exact) mass is 275 g/mol. The molecular formula is C15H33NO3. The fourth-order valence-electron chi connectivity index (χ4n) is 2.63. The second-order valence-electron chi connectivity index (χ2n) is 5.33. The lowest BCUT2D eigenvalue weighted by Gasteiger charge is -2.37. The molecule has 0 amide bonds. The summed E-state index contributed by atoms with van der Waals surface area (Å²) in [5, 5.41) is 0. The van der Waals surface area contributed by atoms with Crippen molar-refractivity contribution in [2.45, 2.75) is 70.8 Å².